The third kappa shape index (κ3) is 4.41. The van der Waals surface area contributed by atoms with Gasteiger partial charge in [0.2, 0.25) is 5.91 Å². The van der Waals surface area contributed by atoms with Gasteiger partial charge in [0.1, 0.15) is 16.8 Å². The van der Waals surface area contributed by atoms with E-state index in [1.807, 2.05) is 36.6 Å². The zero-order valence-electron chi connectivity index (χ0n) is 16.3. The Kier molecular flexibility index (Phi) is 5.62. The van der Waals surface area contributed by atoms with Crippen molar-refractivity contribution in [3.63, 3.8) is 0 Å². The van der Waals surface area contributed by atoms with Crippen LogP contribution in [-0.2, 0) is 22.7 Å². The number of hydrogen-bond donors (Lipinski definition) is 2. The molecule has 2 aromatic heterocycles. The average Bonchev–Trinajstić information content (AvgIpc) is 3.46. The predicted octanol–water partition coefficient (Wildman–Crippen LogP) is 2.84. The summed E-state index contributed by atoms with van der Waals surface area (Å²) in [4.78, 5) is 42.4. The van der Waals surface area contributed by atoms with Crippen molar-refractivity contribution in [1.82, 2.24) is 20.5 Å². The van der Waals surface area contributed by atoms with E-state index in [2.05, 4.69) is 15.6 Å². The number of nitrogens with one attached hydrogen (secondary N) is 2. The molecule has 4 amide bonds. The van der Waals surface area contributed by atoms with Gasteiger partial charge >= 0.3 is 6.03 Å². The van der Waals surface area contributed by atoms with Gasteiger partial charge in [-0.3, -0.25) is 14.5 Å². The topological polar surface area (TPSA) is 105 Å². The van der Waals surface area contributed by atoms with E-state index in [1.54, 1.807) is 23.5 Å². The van der Waals surface area contributed by atoms with Crippen molar-refractivity contribution in [2.75, 3.05) is 0 Å². The lowest BCUT2D eigenvalue weighted by atomic mass is 10.1. The molecule has 4 rings (SSSR count). The van der Waals surface area contributed by atoms with Gasteiger partial charge in [-0.15, -0.1) is 11.3 Å². The van der Waals surface area contributed by atoms with Crippen LogP contribution < -0.4 is 10.6 Å². The zero-order chi connectivity index (χ0) is 21.1. The number of amides is 4. The molecule has 0 bridgehead atoms. The molecule has 9 heteroatoms. The number of benzene rings is 1. The number of hydrogen-bond acceptors (Lipinski definition) is 6. The summed E-state index contributed by atoms with van der Waals surface area (Å²) in [5.41, 5.74) is 2.89. The molecule has 1 saturated heterocycles. The molecule has 0 aliphatic carbocycles. The molecule has 3 heterocycles. The highest BCUT2D eigenvalue weighted by Gasteiger charge is 2.39. The van der Waals surface area contributed by atoms with Gasteiger partial charge in [-0.2, -0.15) is 0 Å². The van der Waals surface area contributed by atoms with Gasteiger partial charge in [0.05, 0.1) is 19.2 Å². The number of furan rings is 1. The maximum absolute atomic E-state index is 12.5. The minimum Gasteiger partial charge on any atom is -0.467 e. The monoisotopic (exact) mass is 424 g/mol. The molecule has 1 fully saturated rings. The molecule has 1 aliphatic heterocycles. The van der Waals surface area contributed by atoms with Crippen LogP contribution in [0.15, 0.2) is 52.5 Å². The first-order chi connectivity index (χ1) is 14.5. The number of carbonyl (C=O) groups is 3. The fraction of sp³-hybridized carbons (Fsp3) is 0.238. The molecule has 154 valence electrons. The summed E-state index contributed by atoms with van der Waals surface area (Å²) in [7, 11) is 0. The van der Waals surface area contributed by atoms with E-state index in [-0.39, 0.29) is 18.9 Å². The predicted molar refractivity (Wildman–Crippen MR) is 110 cm³/mol. The first-order valence-corrected chi connectivity index (χ1v) is 10.3. The van der Waals surface area contributed by atoms with Crippen molar-refractivity contribution in [1.29, 1.82) is 0 Å². The molecule has 1 aromatic carbocycles. The molecular formula is C21H20N4O4S. The maximum atomic E-state index is 12.5. The van der Waals surface area contributed by atoms with E-state index >= 15 is 0 Å². The number of rotatable bonds is 7. The van der Waals surface area contributed by atoms with Crippen LogP contribution in [-0.4, -0.2) is 33.8 Å². The molecule has 2 N–H and O–H groups in total. The van der Waals surface area contributed by atoms with Crippen LogP contribution in [0.2, 0.25) is 0 Å². The van der Waals surface area contributed by atoms with Crippen LogP contribution in [0.25, 0.3) is 10.6 Å². The number of aromatic nitrogens is 1. The number of urea groups is 1. The van der Waals surface area contributed by atoms with E-state index in [4.69, 9.17) is 4.42 Å². The van der Waals surface area contributed by atoms with Crippen molar-refractivity contribution in [3.8, 4) is 10.6 Å². The lowest BCUT2D eigenvalue weighted by Crippen LogP contribution is -2.36. The van der Waals surface area contributed by atoms with Crippen LogP contribution in [0.4, 0.5) is 4.79 Å². The normalized spacial score (nSPS) is 16.0. The molecule has 1 aliphatic rings. The van der Waals surface area contributed by atoms with Crippen LogP contribution in [0.1, 0.15) is 23.4 Å². The third-order valence-electron chi connectivity index (χ3n) is 4.67. The van der Waals surface area contributed by atoms with Crippen molar-refractivity contribution in [2.24, 2.45) is 0 Å². The Labute approximate surface area is 176 Å². The molecule has 1 atom stereocenters. The average molecular weight is 424 g/mol. The number of thiazole rings is 1. The highest BCUT2D eigenvalue weighted by molar-refractivity contribution is 7.13. The first kappa shape index (κ1) is 19.8. The third-order valence-corrected chi connectivity index (χ3v) is 5.68. The standard InChI is InChI=1S/C21H20N4O4S/c1-13-12-30-19(23-13)15-5-2-4-14(8-15)10-22-18(26)9-17-20(27)25(21(28)24-17)11-16-6-3-7-29-16/h2-8,12,17H,9-11H2,1H3,(H,22,26)(H,24,28). The van der Waals surface area contributed by atoms with Gasteiger partial charge in [-0.1, -0.05) is 18.2 Å². The molecule has 1 unspecified atom stereocenters. The van der Waals surface area contributed by atoms with Crippen LogP contribution in [0.5, 0.6) is 0 Å². The molecule has 0 spiro atoms. The SMILES string of the molecule is Cc1csc(-c2cccc(CNC(=O)CC3NC(=O)N(Cc4ccco4)C3=O)c2)n1. The van der Waals surface area contributed by atoms with Gasteiger partial charge in [0.15, 0.2) is 0 Å². The zero-order valence-corrected chi connectivity index (χ0v) is 17.1. The summed E-state index contributed by atoms with van der Waals surface area (Å²) in [5.74, 6) is -0.254. The minimum atomic E-state index is -0.878. The van der Waals surface area contributed by atoms with Gasteiger partial charge < -0.3 is 15.1 Å². The van der Waals surface area contributed by atoms with Crippen molar-refractivity contribution in [3.05, 3.63) is 65.1 Å². The van der Waals surface area contributed by atoms with Gasteiger partial charge in [0.25, 0.3) is 5.91 Å². The summed E-state index contributed by atoms with van der Waals surface area (Å²) in [6, 6.07) is 9.75. The Morgan fingerprint density at radius 2 is 2.17 bits per heavy atom. The van der Waals surface area contributed by atoms with Crippen LogP contribution in [0, 0.1) is 6.92 Å². The highest BCUT2D eigenvalue weighted by atomic mass is 32.1. The number of aryl methyl sites for hydroxylation is 1. The minimum absolute atomic E-state index is 0.0405. The summed E-state index contributed by atoms with van der Waals surface area (Å²) in [6.07, 6.45) is 1.36. The second-order valence-electron chi connectivity index (χ2n) is 6.98. The fourth-order valence-corrected chi connectivity index (χ4v) is 3.98. The quantitative estimate of drug-likeness (QED) is 0.568. The van der Waals surface area contributed by atoms with Crippen molar-refractivity contribution >= 4 is 29.2 Å². The second-order valence-corrected chi connectivity index (χ2v) is 7.84. The summed E-state index contributed by atoms with van der Waals surface area (Å²) in [5, 5.41) is 8.28. The Balaban J connectivity index is 1.32. The summed E-state index contributed by atoms with van der Waals surface area (Å²) in [6.45, 7) is 2.31. The smallest absolute Gasteiger partial charge is 0.325 e. The first-order valence-electron chi connectivity index (χ1n) is 9.42. The van der Waals surface area contributed by atoms with Crippen LogP contribution >= 0.6 is 11.3 Å². The lowest BCUT2D eigenvalue weighted by molar-refractivity contribution is -0.131. The Morgan fingerprint density at radius 3 is 2.90 bits per heavy atom. The molecular weight excluding hydrogens is 404 g/mol. The van der Waals surface area contributed by atoms with Crippen molar-refractivity contribution < 1.29 is 18.8 Å². The van der Waals surface area contributed by atoms with Gasteiger partial charge in [0, 0.05) is 23.2 Å². The highest BCUT2D eigenvalue weighted by Crippen LogP contribution is 2.24. The number of imide groups is 1. The van der Waals surface area contributed by atoms with Gasteiger partial charge in [-0.25, -0.2) is 9.78 Å². The number of nitrogens with zero attached hydrogens (tertiary/aromatic N) is 2. The molecule has 0 saturated carbocycles. The molecule has 0 radical (unpaired) electrons. The van der Waals surface area contributed by atoms with Crippen LogP contribution in [0.3, 0.4) is 0 Å². The van der Waals surface area contributed by atoms with E-state index in [1.165, 1.54) is 6.26 Å². The Bertz CT molecular complexity index is 1080. The van der Waals surface area contributed by atoms with E-state index < -0.39 is 18.0 Å². The second kappa shape index (κ2) is 8.50. The Morgan fingerprint density at radius 1 is 1.30 bits per heavy atom. The summed E-state index contributed by atoms with van der Waals surface area (Å²) < 4.78 is 5.18. The maximum Gasteiger partial charge on any atom is 0.325 e. The van der Waals surface area contributed by atoms with E-state index in [9.17, 15) is 14.4 Å². The van der Waals surface area contributed by atoms with Crippen molar-refractivity contribution in [2.45, 2.75) is 32.5 Å². The Hall–Kier alpha value is -3.46. The van der Waals surface area contributed by atoms with E-state index in [0.717, 1.165) is 26.7 Å². The molecule has 8 nitrogen and oxygen atoms in total. The lowest BCUT2D eigenvalue weighted by Gasteiger charge is -2.11. The largest absolute Gasteiger partial charge is 0.467 e. The fourth-order valence-electron chi connectivity index (χ4n) is 3.18. The van der Waals surface area contributed by atoms with Gasteiger partial charge in [-0.05, 0) is 30.7 Å². The number of carbonyl (C=O) groups excluding carboxylic acids is 3. The van der Waals surface area contributed by atoms with E-state index in [0.29, 0.717) is 12.3 Å². The molecule has 3 aromatic rings. The summed E-state index contributed by atoms with van der Waals surface area (Å²) >= 11 is 1.57. The molecule has 30 heavy (non-hydrogen) atoms.